The van der Waals surface area contributed by atoms with Crippen LogP contribution in [0.1, 0.15) is 50.7 Å². The van der Waals surface area contributed by atoms with Crippen LogP contribution in [-0.2, 0) is 11.9 Å². The fraction of sp³-hybridized carbons (Fsp3) is 0.500. The number of hydrogen-bond donors (Lipinski definition) is 1. The maximum Gasteiger partial charge on any atom is 0.194 e. The fourth-order valence-electron chi connectivity index (χ4n) is 4.81. The number of allylic oxidation sites excluding steroid dienone is 1. The number of aromatic nitrogens is 1. The molecule has 1 aliphatic carbocycles. The summed E-state index contributed by atoms with van der Waals surface area (Å²) in [6.45, 7) is 11.2. The first-order valence-electron chi connectivity index (χ1n) is 9.63. The summed E-state index contributed by atoms with van der Waals surface area (Å²) in [7, 11) is 4.08. The van der Waals surface area contributed by atoms with E-state index >= 15 is 0 Å². The van der Waals surface area contributed by atoms with E-state index < -0.39 is 0 Å². The van der Waals surface area contributed by atoms with Gasteiger partial charge in [0.15, 0.2) is 11.9 Å². The van der Waals surface area contributed by atoms with Crippen LogP contribution < -0.4 is 0 Å². The molecule has 0 N–H and O–H groups in total. The Labute approximate surface area is 171 Å². The van der Waals surface area contributed by atoms with Gasteiger partial charge in [-0.15, -0.1) is 0 Å². The van der Waals surface area contributed by atoms with Gasteiger partial charge in [0, 0.05) is 23.9 Å². The summed E-state index contributed by atoms with van der Waals surface area (Å²) in [5.74, 6) is 1.23. The molecule has 0 radical (unpaired) electrons. The summed E-state index contributed by atoms with van der Waals surface area (Å²) < 4.78 is 12.1. The van der Waals surface area contributed by atoms with E-state index in [4.69, 9.17) is 11.6 Å². The van der Waals surface area contributed by atoms with Crippen molar-refractivity contribution in [2.45, 2.75) is 45.6 Å². The molecule has 0 saturated heterocycles. The topological polar surface area (TPSA) is 30.0 Å². The second-order valence-electron chi connectivity index (χ2n) is 8.61. The average Bonchev–Trinajstić information content (AvgIpc) is 3.02. The Morgan fingerprint density at radius 2 is 2.00 bits per heavy atom. The first kappa shape index (κ1) is 20.5. The van der Waals surface area contributed by atoms with Crippen molar-refractivity contribution in [3.05, 3.63) is 47.3 Å². The Kier molecular flexibility index (Phi) is 5.81. The lowest BCUT2D eigenvalue weighted by molar-refractivity contribution is -0.787. The molecule has 3 rings (SSSR count). The SMILES string of the molecule is C=C(c1ccc(C(C)C)c2cc(Cl)ncc12)C1CC[C@H]([N+](C)(C)[SH]=O)[C@H]1C. The smallest absolute Gasteiger partial charge is 0.194 e. The molecule has 2 aromatic rings. The van der Waals surface area contributed by atoms with Gasteiger partial charge < -0.3 is 0 Å². The van der Waals surface area contributed by atoms with E-state index in [1.807, 2.05) is 26.4 Å². The molecule has 1 aromatic heterocycles. The van der Waals surface area contributed by atoms with Gasteiger partial charge in [-0.1, -0.05) is 51.1 Å². The zero-order valence-corrected chi connectivity index (χ0v) is 18.5. The van der Waals surface area contributed by atoms with Crippen molar-refractivity contribution >= 4 is 39.8 Å². The zero-order chi connectivity index (χ0) is 19.9. The minimum Gasteiger partial charge on any atom is -0.244 e. The van der Waals surface area contributed by atoms with Crippen molar-refractivity contribution in [2.75, 3.05) is 14.1 Å². The second-order valence-corrected chi connectivity index (χ2v) is 10.2. The molecular weight excluding hydrogens is 376 g/mol. The van der Waals surface area contributed by atoms with E-state index in [-0.39, 0.29) is 11.9 Å². The van der Waals surface area contributed by atoms with Crippen molar-refractivity contribution in [1.82, 2.24) is 4.98 Å². The van der Waals surface area contributed by atoms with Gasteiger partial charge in [0.2, 0.25) is 0 Å². The molecule has 0 bridgehead atoms. The highest BCUT2D eigenvalue weighted by atomic mass is 35.5. The monoisotopic (exact) mass is 405 g/mol. The lowest BCUT2D eigenvalue weighted by Crippen LogP contribution is -2.47. The largest absolute Gasteiger partial charge is 0.244 e. The average molecular weight is 406 g/mol. The minimum absolute atomic E-state index is 0.173. The molecular formula is C22H30ClN2OS+. The van der Waals surface area contributed by atoms with E-state index in [1.54, 1.807) is 0 Å². The van der Waals surface area contributed by atoms with Gasteiger partial charge in [-0.05, 0) is 46.4 Å². The molecule has 1 heterocycles. The number of pyridine rings is 1. The van der Waals surface area contributed by atoms with Crippen molar-refractivity contribution < 1.29 is 8.10 Å². The van der Waals surface area contributed by atoms with Crippen LogP contribution in [0.5, 0.6) is 0 Å². The summed E-state index contributed by atoms with van der Waals surface area (Å²) in [6, 6.07) is 6.75. The van der Waals surface area contributed by atoms with E-state index in [0.717, 1.165) is 23.8 Å². The predicted molar refractivity (Wildman–Crippen MR) is 117 cm³/mol. The first-order valence-corrected chi connectivity index (χ1v) is 10.8. The molecule has 1 unspecified atom stereocenters. The van der Waals surface area contributed by atoms with Crippen molar-refractivity contribution in [2.24, 2.45) is 11.8 Å². The highest BCUT2D eigenvalue weighted by molar-refractivity contribution is 7.59. The van der Waals surface area contributed by atoms with Gasteiger partial charge in [0.1, 0.15) is 11.2 Å². The van der Waals surface area contributed by atoms with Crippen LogP contribution in [0.15, 0.2) is 31.0 Å². The lowest BCUT2D eigenvalue weighted by Gasteiger charge is -2.33. The van der Waals surface area contributed by atoms with Gasteiger partial charge >= 0.3 is 0 Å². The zero-order valence-electron chi connectivity index (χ0n) is 16.9. The van der Waals surface area contributed by atoms with Crippen LogP contribution in [0, 0.1) is 11.8 Å². The number of nitrogens with zero attached hydrogens (tertiary/aromatic N) is 2. The first-order chi connectivity index (χ1) is 12.7. The number of benzene rings is 1. The molecule has 3 nitrogen and oxygen atoms in total. The van der Waals surface area contributed by atoms with Crippen LogP contribution in [0.25, 0.3) is 16.3 Å². The third-order valence-corrected chi connectivity index (χ3v) is 7.28. The number of thiol groups is 1. The molecule has 1 fully saturated rings. The van der Waals surface area contributed by atoms with Gasteiger partial charge in [0.25, 0.3) is 0 Å². The van der Waals surface area contributed by atoms with E-state index in [9.17, 15) is 4.21 Å². The summed E-state index contributed by atoms with van der Waals surface area (Å²) in [5.41, 5.74) is 3.61. The summed E-state index contributed by atoms with van der Waals surface area (Å²) in [5, 5.41) is 2.82. The predicted octanol–water partition coefficient (Wildman–Crippen LogP) is 5.38. The summed E-state index contributed by atoms with van der Waals surface area (Å²) in [4.78, 5) is 4.34. The number of rotatable bonds is 5. The molecule has 5 heteroatoms. The molecule has 3 atom stereocenters. The van der Waals surface area contributed by atoms with Crippen LogP contribution in [0.3, 0.4) is 0 Å². The van der Waals surface area contributed by atoms with Crippen LogP contribution in [0.2, 0.25) is 5.15 Å². The van der Waals surface area contributed by atoms with E-state index in [2.05, 4.69) is 44.5 Å². The van der Waals surface area contributed by atoms with Gasteiger partial charge in [-0.25, -0.2) is 13.1 Å². The van der Waals surface area contributed by atoms with Gasteiger partial charge in [-0.3, -0.25) is 0 Å². The second kappa shape index (κ2) is 7.65. The quantitative estimate of drug-likeness (QED) is 0.411. The minimum atomic E-state index is 0.173. The fourth-order valence-corrected chi connectivity index (χ4v) is 5.41. The Balaban J connectivity index is 2.02. The van der Waals surface area contributed by atoms with Crippen molar-refractivity contribution in [1.29, 1.82) is 0 Å². The van der Waals surface area contributed by atoms with E-state index in [1.165, 1.54) is 16.5 Å². The molecule has 27 heavy (non-hydrogen) atoms. The normalized spacial score (nSPS) is 23.3. The Morgan fingerprint density at radius 1 is 1.30 bits per heavy atom. The van der Waals surface area contributed by atoms with Crippen molar-refractivity contribution in [3.8, 4) is 0 Å². The van der Waals surface area contributed by atoms with Crippen LogP contribution >= 0.6 is 11.6 Å². The number of quaternary nitrogens is 1. The van der Waals surface area contributed by atoms with Crippen LogP contribution in [-0.4, -0.2) is 33.2 Å². The number of hydrogen-bond acceptors (Lipinski definition) is 2. The maximum atomic E-state index is 11.6. The third kappa shape index (κ3) is 3.72. The molecule has 1 aromatic carbocycles. The number of halogens is 1. The maximum absolute atomic E-state index is 11.6. The molecule has 1 aliphatic rings. The molecule has 1 saturated carbocycles. The molecule has 0 spiro atoms. The Morgan fingerprint density at radius 3 is 2.63 bits per heavy atom. The molecule has 146 valence electrons. The number of fused-ring (bicyclic) bond motifs is 1. The Hall–Kier alpha value is -1.23. The molecule has 0 aliphatic heterocycles. The summed E-state index contributed by atoms with van der Waals surface area (Å²) >= 11 is 6.37. The Bertz CT molecular complexity index is 893. The third-order valence-electron chi connectivity index (χ3n) is 6.35. The highest BCUT2D eigenvalue weighted by Gasteiger charge is 2.44. The standard InChI is InChI=1S/C22H30ClN2OS/c1-13(2)16-7-8-18(20-12-24-22(23)11-19(16)20)14(3)17-9-10-21(15(17)4)25(5,6)27-26/h7-8,11-13,15,17,21,27H,3,9-10H2,1-2,4-6H3/q+1/t15-,17?,21-/m0/s1. The highest BCUT2D eigenvalue weighted by Crippen LogP contribution is 2.45. The van der Waals surface area contributed by atoms with Crippen LogP contribution in [0.4, 0.5) is 0 Å². The lowest BCUT2D eigenvalue weighted by atomic mass is 9.83. The van der Waals surface area contributed by atoms with Gasteiger partial charge in [-0.2, -0.15) is 0 Å². The molecule has 0 amide bonds. The van der Waals surface area contributed by atoms with E-state index in [0.29, 0.717) is 32.8 Å². The van der Waals surface area contributed by atoms with Crippen molar-refractivity contribution in [3.63, 3.8) is 0 Å². The summed E-state index contributed by atoms with van der Waals surface area (Å²) in [6.07, 6.45) is 4.03. The van der Waals surface area contributed by atoms with Gasteiger partial charge in [0.05, 0.1) is 14.1 Å².